The van der Waals surface area contributed by atoms with Crippen LogP contribution < -0.4 is 5.32 Å². The third-order valence-corrected chi connectivity index (χ3v) is 5.27. The van der Waals surface area contributed by atoms with Gasteiger partial charge in [0, 0.05) is 44.0 Å². The lowest BCUT2D eigenvalue weighted by Gasteiger charge is -2.34. The molecule has 0 aliphatic carbocycles. The Labute approximate surface area is 181 Å². The molecular weight excluding hydrogens is 396 g/mol. The molecule has 1 aromatic carbocycles. The number of hydrogen-bond donors (Lipinski definition) is 1. The second-order valence-corrected chi connectivity index (χ2v) is 8.87. The summed E-state index contributed by atoms with van der Waals surface area (Å²) in [5.74, 6) is 0.403. The van der Waals surface area contributed by atoms with E-state index in [1.165, 1.54) is 0 Å². The minimum absolute atomic E-state index is 0.147. The molecule has 1 aliphatic heterocycles. The van der Waals surface area contributed by atoms with E-state index in [9.17, 15) is 9.59 Å². The van der Waals surface area contributed by atoms with Crippen LogP contribution in [-0.2, 0) is 4.74 Å². The molecule has 2 aromatic heterocycles. The van der Waals surface area contributed by atoms with Crippen LogP contribution in [0.1, 0.15) is 56.0 Å². The standard InChI is InChI=1S/C23H28N4O4/c1-15-24-18-8-7-16(14-20(18)30-15)25-21(28)19-6-5-11-27(19)17-9-12-26(13-10-17)22(29)31-23(2,3)4/h5-8,11,14,17H,9-10,12-13H2,1-4H3,(H,25,28). The van der Waals surface area contributed by atoms with E-state index in [4.69, 9.17) is 9.15 Å². The fourth-order valence-corrected chi connectivity index (χ4v) is 3.87. The van der Waals surface area contributed by atoms with E-state index in [1.54, 1.807) is 17.9 Å². The molecule has 31 heavy (non-hydrogen) atoms. The number of fused-ring (bicyclic) bond motifs is 1. The molecule has 8 nitrogen and oxygen atoms in total. The molecule has 1 fully saturated rings. The van der Waals surface area contributed by atoms with Gasteiger partial charge in [0.2, 0.25) is 0 Å². The lowest BCUT2D eigenvalue weighted by molar-refractivity contribution is 0.0187. The molecule has 0 saturated carbocycles. The number of nitrogens with one attached hydrogen (secondary N) is 1. The number of hydrogen-bond acceptors (Lipinski definition) is 5. The molecule has 164 valence electrons. The topological polar surface area (TPSA) is 89.6 Å². The van der Waals surface area contributed by atoms with Gasteiger partial charge in [-0.15, -0.1) is 0 Å². The van der Waals surface area contributed by atoms with Gasteiger partial charge in [0.25, 0.3) is 5.91 Å². The number of nitrogens with zero attached hydrogens (tertiary/aromatic N) is 3. The zero-order chi connectivity index (χ0) is 22.2. The number of carbonyl (C=O) groups excluding carboxylic acids is 2. The van der Waals surface area contributed by atoms with Gasteiger partial charge in [-0.05, 0) is 57.9 Å². The Kier molecular flexibility index (Phi) is 5.47. The summed E-state index contributed by atoms with van der Waals surface area (Å²) in [6.07, 6.45) is 3.16. The van der Waals surface area contributed by atoms with Crippen molar-refractivity contribution in [1.29, 1.82) is 0 Å². The Balaban J connectivity index is 1.41. The summed E-state index contributed by atoms with van der Waals surface area (Å²) in [6, 6.07) is 9.25. The van der Waals surface area contributed by atoms with Gasteiger partial charge in [0.15, 0.2) is 11.5 Å². The van der Waals surface area contributed by atoms with Crippen LogP contribution >= 0.6 is 0 Å². The first-order valence-corrected chi connectivity index (χ1v) is 10.5. The van der Waals surface area contributed by atoms with Gasteiger partial charge in [0.05, 0.1) is 0 Å². The molecule has 4 rings (SSSR count). The van der Waals surface area contributed by atoms with Crippen molar-refractivity contribution in [2.75, 3.05) is 18.4 Å². The van der Waals surface area contributed by atoms with Crippen LogP contribution in [0.2, 0.25) is 0 Å². The predicted octanol–water partition coefficient (Wildman–Crippen LogP) is 4.76. The molecular formula is C23H28N4O4. The van der Waals surface area contributed by atoms with Gasteiger partial charge in [-0.25, -0.2) is 9.78 Å². The summed E-state index contributed by atoms with van der Waals surface area (Å²) >= 11 is 0. The third kappa shape index (κ3) is 4.73. The highest BCUT2D eigenvalue weighted by Gasteiger charge is 2.28. The van der Waals surface area contributed by atoms with Crippen molar-refractivity contribution in [3.05, 3.63) is 48.1 Å². The van der Waals surface area contributed by atoms with Gasteiger partial charge >= 0.3 is 6.09 Å². The van der Waals surface area contributed by atoms with Crippen LogP contribution in [-0.4, -0.2) is 45.1 Å². The van der Waals surface area contributed by atoms with E-state index in [0.29, 0.717) is 35.9 Å². The highest BCUT2D eigenvalue weighted by atomic mass is 16.6. The number of anilines is 1. The maximum absolute atomic E-state index is 12.9. The van der Waals surface area contributed by atoms with E-state index >= 15 is 0 Å². The maximum atomic E-state index is 12.9. The van der Waals surface area contributed by atoms with E-state index in [-0.39, 0.29) is 18.0 Å². The van der Waals surface area contributed by atoms with Crippen LogP contribution in [0.3, 0.4) is 0 Å². The van der Waals surface area contributed by atoms with E-state index in [1.807, 2.05) is 55.8 Å². The fourth-order valence-electron chi connectivity index (χ4n) is 3.87. The van der Waals surface area contributed by atoms with Crippen LogP contribution in [0.4, 0.5) is 10.5 Å². The highest BCUT2D eigenvalue weighted by molar-refractivity contribution is 6.03. The van der Waals surface area contributed by atoms with Crippen molar-refractivity contribution >= 4 is 28.8 Å². The van der Waals surface area contributed by atoms with Gasteiger partial charge in [0.1, 0.15) is 16.8 Å². The number of oxazole rings is 1. The predicted molar refractivity (Wildman–Crippen MR) is 117 cm³/mol. The number of likely N-dealkylation sites (tertiary alicyclic amines) is 1. The summed E-state index contributed by atoms with van der Waals surface area (Å²) in [5.41, 5.74) is 2.13. The molecule has 1 saturated heterocycles. The lowest BCUT2D eigenvalue weighted by atomic mass is 10.0. The minimum Gasteiger partial charge on any atom is -0.444 e. The summed E-state index contributed by atoms with van der Waals surface area (Å²) in [4.78, 5) is 31.3. The second-order valence-electron chi connectivity index (χ2n) is 8.87. The number of piperidine rings is 1. The summed E-state index contributed by atoms with van der Waals surface area (Å²) < 4.78 is 13.0. The SMILES string of the molecule is Cc1nc2ccc(NC(=O)c3cccn3C3CCN(C(=O)OC(C)(C)C)CC3)cc2o1. The van der Waals surface area contributed by atoms with Gasteiger partial charge in [-0.1, -0.05) is 0 Å². The van der Waals surface area contributed by atoms with E-state index in [2.05, 4.69) is 10.3 Å². The van der Waals surface area contributed by atoms with Crippen LogP contribution in [0.25, 0.3) is 11.1 Å². The second kappa shape index (κ2) is 8.09. The lowest BCUT2D eigenvalue weighted by Crippen LogP contribution is -2.42. The first kappa shape index (κ1) is 21.0. The van der Waals surface area contributed by atoms with Crippen molar-refractivity contribution in [3.63, 3.8) is 0 Å². The summed E-state index contributed by atoms with van der Waals surface area (Å²) in [6.45, 7) is 8.58. The molecule has 0 radical (unpaired) electrons. The smallest absolute Gasteiger partial charge is 0.410 e. The zero-order valence-corrected chi connectivity index (χ0v) is 18.3. The Bertz CT molecular complexity index is 1100. The monoisotopic (exact) mass is 424 g/mol. The zero-order valence-electron chi connectivity index (χ0n) is 18.3. The number of aryl methyl sites for hydroxylation is 1. The molecule has 0 unspecified atom stereocenters. The van der Waals surface area contributed by atoms with Crippen molar-refractivity contribution < 1.29 is 18.7 Å². The minimum atomic E-state index is -0.507. The van der Waals surface area contributed by atoms with E-state index in [0.717, 1.165) is 18.4 Å². The van der Waals surface area contributed by atoms with Gasteiger partial charge < -0.3 is 23.9 Å². The molecule has 0 atom stereocenters. The van der Waals surface area contributed by atoms with Crippen molar-refractivity contribution in [1.82, 2.24) is 14.5 Å². The van der Waals surface area contributed by atoms with Crippen molar-refractivity contribution in [2.24, 2.45) is 0 Å². The Morgan fingerprint density at radius 2 is 1.94 bits per heavy atom. The fraction of sp³-hybridized carbons (Fsp3) is 0.435. The molecule has 1 aliphatic rings. The Morgan fingerprint density at radius 3 is 2.65 bits per heavy atom. The third-order valence-electron chi connectivity index (χ3n) is 5.27. The largest absolute Gasteiger partial charge is 0.444 e. The Morgan fingerprint density at radius 1 is 1.19 bits per heavy atom. The average molecular weight is 425 g/mol. The van der Waals surface area contributed by atoms with Crippen molar-refractivity contribution in [2.45, 2.75) is 52.2 Å². The molecule has 2 amide bonds. The number of rotatable bonds is 3. The molecule has 1 N–H and O–H groups in total. The molecule has 8 heteroatoms. The van der Waals surface area contributed by atoms with Crippen LogP contribution in [0.15, 0.2) is 40.9 Å². The molecule has 3 aromatic rings. The number of benzene rings is 1. The number of ether oxygens (including phenoxy) is 1. The molecule has 0 bridgehead atoms. The van der Waals surface area contributed by atoms with Crippen molar-refractivity contribution in [3.8, 4) is 0 Å². The van der Waals surface area contributed by atoms with Crippen LogP contribution in [0, 0.1) is 6.92 Å². The van der Waals surface area contributed by atoms with Gasteiger partial charge in [-0.3, -0.25) is 4.79 Å². The summed E-state index contributed by atoms with van der Waals surface area (Å²) in [7, 11) is 0. The van der Waals surface area contributed by atoms with Crippen LogP contribution in [0.5, 0.6) is 0 Å². The summed E-state index contributed by atoms with van der Waals surface area (Å²) in [5, 5.41) is 2.95. The normalized spacial score (nSPS) is 15.3. The quantitative estimate of drug-likeness (QED) is 0.655. The number of carbonyl (C=O) groups is 2. The highest BCUT2D eigenvalue weighted by Crippen LogP contribution is 2.27. The first-order chi connectivity index (χ1) is 14.7. The number of amides is 2. The maximum Gasteiger partial charge on any atom is 0.410 e. The first-order valence-electron chi connectivity index (χ1n) is 10.5. The average Bonchev–Trinajstić information content (AvgIpc) is 3.32. The number of aromatic nitrogens is 2. The molecule has 0 spiro atoms. The molecule has 3 heterocycles. The van der Waals surface area contributed by atoms with Gasteiger partial charge in [-0.2, -0.15) is 0 Å². The Hall–Kier alpha value is -3.29. The van der Waals surface area contributed by atoms with E-state index < -0.39 is 5.60 Å².